The van der Waals surface area contributed by atoms with Gasteiger partial charge in [0.2, 0.25) is 0 Å². The number of hydrogen-bond acceptors (Lipinski definition) is 2. The molecule has 6 heteroatoms. The van der Waals surface area contributed by atoms with Crippen molar-refractivity contribution < 1.29 is 9.13 Å². The minimum Gasteiger partial charge on any atom is -0.381 e. The van der Waals surface area contributed by atoms with Gasteiger partial charge in [-0.3, -0.25) is 4.99 Å². The highest BCUT2D eigenvalue weighted by Crippen LogP contribution is 2.38. The van der Waals surface area contributed by atoms with Crippen LogP contribution in [0, 0.1) is 11.2 Å². The summed E-state index contributed by atoms with van der Waals surface area (Å²) in [6.45, 7) is 4.41. The molecule has 2 fully saturated rings. The topological polar surface area (TPSA) is 36.9 Å². The third-order valence-corrected chi connectivity index (χ3v) is 5.31. The second-order valence-electron chi connectivity index (χ2n) is 6.43. The van der Waals surface area contributed by atoms with Crippen molar-refractivity contribution >= 4 is 21.9 Å². The Labute approximate surface area is 145 Å². The molecule has 23 heavy (non-hydrogen) atoms. The summed E-state index contributed by atoms with van der Waals surface area (Å²) in [6.07, 6.45) is 2.93. The first-order chi connectivity index (χ1) is 11.1. The van der Waals surface area contributed by atoms with Crippen molar-refractivity contribution in [3.63, 3.8) is 0 Å². The third kappa shape index (κ3) is 3.86. The van der Waals surface area contributed by atoms with Crippen molar-refractivity contribution in [1.82, 2.24) is 10.2 Å². The van der Waals surface area contributed by atoms with Gasteiger partial charge in [-0.2, -0.15) is 0 Å². The average Bonchev–Trinajstić information content (AvgIpc) is 3.18. The maximum absolute atomic E-state index is 13.8. The van der Waals surface area contributed by atoms with E-state index in [-0.39, 0.29) is 5.82 Å². The second kappa shape index (κ2) is 7.18. The SMILES string of the molecule is CN=C(NCCc1cc(Br)ccc1F)N1CCC2(CCOC2)C1. The Hall–Kier alpha value is -1.14. The molecule has 126 valence electrons. The number of hydrogen-bond donors (Lipinski definition) is 1. The van der Waals surface area contributed by atoms with Crippen molar-refractivity contribution in [1.29, 1.82) is 0 Å². The van der Waals surface area contributed by atoms with Crippen molar-refractivity contribution in [3.05, 3.63) is 34.1 Å². The van der Waals surface area contributed by atoms with Crippen LogP contribution < -0.4 is 5.32 Å². The lowest BCUT2D eigenvalue weighted by Gasteiger charge is -2.25. The summed E-state index contributed by atoms with van der Waals surface area (Å²) in [6, 6.07) is 5.05. The zero-order valence-corrected chi connectivity index (χ0v) is 15.0. The molecule has 1 spiro atoms. The molecule has 1 atom stereocenters. The highest BCUT2D eigenvalue weighted by atomic mass is 79.9. The maximum Gasteiger partial charge on any atom is 0.193 e. The monoisotopic (exact) mass is 383 g/mol. The Morgan fingerprint density at radius 1 is 1.48 bits per heavy atom. The number of ether oxygens (including phenoxy) is 1. The van der Waals surface area contributed by atoms with Crippen LogP contribution in [0.15, 0.2) is 27.7 Å². The fourth-order valence-corrected chi connectivity index (χ4v) is 3.87. The molecule has 2 saturated heterocycles. The Bertz CT molecular complexity index is 587. The standard InChI is InChI=1S/C17H23BrFN3O/c1-20-16(22-8-5-17(11-22)6-9-23-12-17)21-7-4-13-10-14(18)2-3-15(13)19/h2-3,10H,4-9,11-12H2,1H3,(H,20,21). The van der Waals surface area contributed by atoms with E-state index in [1.54, 1.807) is 13.1 Å². The normalized spacial score (nSPS) is 24.7. The van der Waals surface area contributed by atoms with Gasteiger partial charge in [-0.05, 0) is 43.0 Å². The first-order valence-corrected chi connectivity index (χ1v) is 8.88. The molecule has 4 nitrogen and oxygen atoms in total. The summed E-state index contributed by atoms with van der Waals surface area (Å²) in [5.41, 5.74) is 1.03. The Morgan fingerprint density at radius 2 is 2.35 bits per heavy atom. The van der Waals surface area contributed by atoms with E-state index in [2.05, 4.69) is 31.1 Å². The van der Waals surface area contributed by atoms with Crippen molar-refractivity contribution in [2.45, 2.75) is 19.3 Å². The molecule has 1 aromatic rings. The van der Waals surface area contributed by atoms with Crippen molar-refractivity contribution in [3.8, 4) is 0 Å². The first-order valence-electron chi connectivity index (χ1n) is 8.09. The number of halogens is 2. The highest BCUT2D eigenvalue weighted by molar-refractivity contribution is 9.10. The fraction of sp³-hybridized carbons (Fsp3) is 0.588. The largest absolute Gasteiger partial charge is 0.381 e. The van der Waals surface area contributed by atoms with Crippen LogP contribution in [0.1, 0.15) is 18.4 Å². The number of nitrogens with zero attached hydrogens (tertiary/aromatic N) is 2. The molecule has 0 bridgehead atoms. The molecule has 1 N–H and O–H groups in total. The molecule has 2 aliphatic rings. The van der Waals surface area contributed by atoms with Crippen molar-refractivity contribution in [2.24, 2.45) is 10.4 Å². The number of rotatable bonds is 3. The van der Waals surface area contributed by atoms with Crippen molar-refractivity contribution in [2.75, 3.05) is 39.9 Å². The van der Waals surface area contributed by atoms with Crippen LogP contribution in [-0.4, -0.2) is 50.8 Å². The van der Waals surface area contributed by atoms with Crippen LogP contribution >= 0.6 is 15.9 Å². The lowest BCUT2D eigenvalue weighted by Crippen LogP contribution is -2.42. The summed E-state index contributed by atoms with van der Waals surface area (Å²) in [5.74, 6) is 0.748. The van der Waals surface area contributed by atoms with Crippen LogP contribution in [0.3, 0.4) is 0 Å². The van der Waals surface area contributed by atoms with E-state index in [0.717, 1.165) is 49.6 Å². The van der Waals surface area contributed by atoms with Gasteiger partial charge >= 0.3 is 0 Å². The molecule has 0 saturated carbocycles. The maximum atomic E-state index is 13.8. The molecule has 0 radical (unpaired) electrons. The van der Waals surface area contributed by atoms with Crippen LogP contribution in [0.2, 0.25) is 0 Å². The molecule has 0 aromatic heterocycles. The van der Waals surface area contributed by atoms with Gasteiger partial charge < -0.3 is 15.0 Å². The molecule has 0 aliphatic carbocycles. The molecule has 3 rings (SSSR count). The quantitative estimate of drug-likeness (QED) is 0.643. The van der Waals surface area contributed by atoms with Gasteiger partial charge in [0.25, 0.3) is 0 Å². The smallest absolute Gasteiger partial charge is 0.193 e. The second-order valence-corrected chi connectivity index (χ2v) is 7.35. The van der Waals surface area contributed by atoms with E-state index >= 15 is 0 Å². The van der Waals surface area contributed by atoms with E-state index < -0.39 is 0 Å². The number of benzene rings is 1. The molecule has 2 aliphatic heterocycles. The minimum absolute atomic E-state index is 0.159. The molecule has 0 amide bonds. The summed E-state index contributed by atoms with van der Waals surface area (Å²) < 4.78 is 20.3. The number of nitrogens with one attached hydrogen (secondary N) is 1. The Kier molecular flexibility index (Phi) is 5.21. The van der Waals surface area contributed by atoms with Crippen LogP contribution in [0.5, 0.6) is 0 Å². The van der Waals surface area contributed by atoms with E-state index in [1.807, 2.05) is 6.07 Å². The minimum atomic E-state index is -0.159. The fourth-order valence-electron chi connectivity index (χ4n) is 3.46. The molecular weight excluding hydrogens is 361 g/mol. The molecule has 1 aromatic carbocycles. The Morgan fingerprint density at radius 3 is 3.09 bits per heavy atom. The Balaban J connectivity index is 1.53. The third-order valence-electron chi connectivity index (χ3n) is 4.82. The van der Waals surface area contributed by atoms with E-state index in [0.29, 0.717) is 23.9 Å². The van der Waals surface area contributed by atoms with E-state index in [9.17, 15) is 4.39 Å². The van der Waals surface area contributed by atoms with Crippen LogP contribution in [-0.2, 0) is 11.2 Å². The number of guanidine groups is 1. The van der Waals surface area contributed by atoms with Crippen LogP contribution in [0.25, 0.3) is 0 Å². The first kappa shape index (κ1) is 16.7. The van der Waals surface area contributed by atoms with Crippen LogP contribution in [0.4, 0.5) is 4.39 Å². The average molecular weight is 384 g/mol. The van der Waals surface area contributed by atoms with Gasteiger partial charge in [0, 0.05) is 43.2 Å². The lowest BCUT2D eigenvalue weighted by atomic mass is 9.87. The molecular formula is C17H23BrFN3O. The van der Waals surface area contributed by atoms with Gasteiger partial charge in [-0.1, -0.05) is 15.9 Å². The number of likely N-dealkylation sites (tertiary alicyclic amines) is 1. The van der Waals surface area contributed by atoms with Gasteiger partial charge in [0.1, 0.15) is 5.82 Å². The summed E-state index contributed by atoms with van der Waals surface area (Å²) in [7, 11) is 1.80. The van der Waals surface area contributed by atoms with Gasteiger partial charge in [0.15, 0.2) is 5.96 Å². The summed E-state index contributed by atoms with van der Waals surface area (Å²) in [4.78, 5) is 6.68. The van der Waals surface area contributed by atoms with E-state index in [4.69, 9.17) is 4.74 Å². The van der Waals surface area contributed by atoms with Gasteiger partial charge in [-0.15, -0.1) is 0 Å². The molecule has 1 unspecified atom stereocenters. The zero-order chi connectivity index (χ0) is 16.3. The van der Waals surface area contributed by atoms with Gasteiger partial charge in [0.05, 0.1) is 6.61 Å². The lowest BCUT2D eigenvalue weighted by molar-refractivity contribution is 0.156. The number of aliphatic imine (C=N–C) groups is 1. The van der Waals surface area contributed by atoms with Gasteiger partial charge in [-0.25, -0.2) is 4.39 Å². The molecule has 2 heterocycles. The van der Waals surface area contributed by atoms with E-state index in [1.165, 1.54) is 6.07 Å². The summed E-state index contributed by atoms with van der Waals surface area (Å²) >= 11 is 3.39. The summed E-state index contributed by atoms with van der Waals surface area (Å²) in [5, 5.41) is 3.37. The predicted molar refractivity (Wildman–Crippen MR) is 93.2 cm³/mol. The zero-order valence-electron chi connectivity index (χ0n) is 13.4. The predicted octanol–water partition coefficient (Wildman–Crippen LogP) is 2.82. The highest BCUT2D eigenvalue weighted by Gasteiger charge is 2.42.